The molecule has 0 spiro atoms. The molecule has 3 rings (SSSR count). The number of benzene rings is 3. The minimum absolute atomic E-state index is 0.164. The molecular weight excluding hydrogens is 413 g/mol. The third kappa shape index (κ3) is 3.76. The van der Waals surface area contributed by atoms with Crippen LogP contribution in [0.1, 0.15) is 27.6 Å². The van der Waals surface area contributed by atoms with Crippen LogP contribution in [0.25, 0.3) is 10.8 Å². The lowest BCUT2D eigenvalue weighted by Crippen LogP contribution is -2.29. The van der Waals surface area contributed by atoms with Crippen molar-refractivity contribution in [2.75, 3.05) is 6.54 Å². The van der Waals surface area contributed by atoms with Gasteiger partial charge in [0.25, 0.3) is 5.91 Å². The summed E-state index contributed by atoms with van der Waals surface area (Å²) < 4.78 is 0.899. The highest BCUT2D eigenvalue weighted by Crippen LogP contribution is 2.20. The van der Waals surface area contributed by atoms with Crippen LogP contribution in [0.2, 0.25) is 0 Å². The molecule has 1 amide bonds. The summed E-state index contributed by atoms with van der Waals surface area (Å²) in [5, 5.41) is 15.4. The van der Waals surface area contributed by atoms with Gasteiger partial charge in [0.2, 0.25) is 0 Å². The highest BCUT2D eigenvalue weighted by atomic mass is 127. The zero-order valence-corrected chi connectivity index (χ0v) is 15.4. The normalized spacial score (nSPS) is 12.1. The number of carbonyl (C=O) groups excluding carboxylic acids is 1. The molecule has 1 atom stereocenters. The van der Waals surface area contributed by atoms with Gasteiger partial charge in [0.15, 0.2) is 0 Å². The van der Waals surface area contributed by atoms with Gasteiger partial charge in [-0.1, -0.05) is 48.0 Å². The van der Waals surface area contributed by atoms with Gasteiger partial charge in [0, 0.05) is 10.1 Å². The van der Waals surface area contributed by atoms with Gasteiger partial charge in [0.1, 0.15) is 0 Å². The first kappa shape index (κ1) is 16.9. The Kier molecular flexibility index (Phi) is 5.16. The second kappa shape index (κ2) is 7.32. The van der Waals surface area contributed by atoms with Crippen LogP contribution in [0.15, 0.2) is 60.7 Å². The second-order valence-electron chi connectivity index (χ2n) is 5.82. The molecule has 1 unspecified atom stereocenters. The molecule has 0 saturated carbocycles. The number of fused-ring (bicyclic) bond motifs is 1. The molecule has 0 aliphatic rings. The molecule has 24 heavy (non-hydrogen) atoms. The lowest BCUT2D eigenvalue weighted by Gasteiger charge is -2.14. The Morgan fingerprint density at radius 1 is 1.08 bits per heavy atom. The third-order valence-corrected chi connectivity index (χ3v) is 4.92. The van der Waals surface area contributed by atoms with Crippen molar-refractivity contribution >= 4 is 39.3 Å². The molecule has 3 nitrogen and oxygen atoms in total. The van der Waals surface area contributed by atoms with Gasteiger partial charge < -0.3 is 10.4 Å². The number of hydrogen-bond donors (Lipinski definition) is 2. The van der Waals surface area contributed by atoms with Crippen molar-refractivity contribution in [2.45, 2.75) is 13.0 Å². The van der Waals surface area contributed by atoms with Gasteiger partial charge in [-0.3, -0.25) is 4.79 Å². The Hall–Kier alpha value is -1.92. The number of aryl methyl sites for hydroxylation is 1. The van der Waals surface area contributed by atoms with E-state index < -0.39 is 6.10 Å². The lowest BCUT2D eigenvalue weighted by molar-refractivity contribution is 0.0915. The predicted molar refractivity (Wildman–Crippen MR) is 105 cm³/mol. The fourth-order valence-electron chi connectivity index (χ4n) is 2.63. The van der Waals surface area contributed by atoms with E-state index in [-0.39, 0.29) is 12.5 Å². The molecule has 3 aromatic rings. The average Bonchev–Trinajstić information content (AvgIpc) is 2.61. The van der Waals surface area contributed by atoms with E-state index in [0.29, 0.717) is 5.56 Å². The number of aliphatic hydroxyl groups is 1. The number of amides is 1. The first-order valence-corrected chi connectivity index (χ1v) is 8.83. The fraction of sp³-hybridized carbons (Fsp3) is 0.150. The molecular formula is C20H18INO2. The van der Waals surface area contributed by atoms with Crippen LogP contribution in [0.4, 0.5) is 0 Å². The topological polar surface area (TPSA) is 49.3 Å². The first-order chi connectivity index (χ1) is 11.5. The molecule has 3 aromatic carbocycles. The van der Waals surface area contributed by atoms with Crippen LogP contribution in [0, 0.1) is 10.5 Å². The number of carbonyl (C=O) groups is 1. The van der Waals surface area contributed by atoms with Crippen LogP contribution >= 0.6 is 22.6 Å². The number of hydrogen-bond acceptors (Lipinski definition) is 2. The maximum Gasteiger partial charge on any atom is 0.252 e. The Morgan fingerprint density at radius 3 is 2.62 bits per heavy atom. The van der Waals surface area contributed by atoms with E-state index in [1.165, 1.54) is 0 Å². The van der Waals surface area contributed by atoms with Gasteiger partial charge >= 0.3 is 0 Å². The third-order valence-electron chi connectivity index (χ3n) is 3.98. The molecule has 0 fully saturated rings. The smallest absolute Gasteiger partial charge is 0.252 e. The summed E-state index contributed by atoms with van der Waals surface area (Å²) in [5.74, 6) is -0.164. The molecule has 0 bridgehead atoms. The van der Waals surface area contributed by atoms with Gasteiger partial charge in [-0.25, -0.2) is 0 Å². The van der Waals surface area contributed by atoms with Crippen molar-refractivity contribution in [3.63, 3.8) is 0 Å². The average molecular weight is 431 g/mol. The highest BCUT2D eigenvalue weighted by Gasteiger charge is 2.13. The van der Waals surface area contributed by atoms with E-state index in [2.05, 4.69) is 27.9 Å². The summed E-state index contributed by atoms with van der Waals surface area (Å²) >= 11 is 2.15. The summed E-state index contributed by atoms with van der Waals surface area (Å²) in [6, 6.07) is 19.6. The number of halogens is 1. The van der Waals surface area contributed by atoms with E-state index in [0.717, 1.165) is 25.5 Å². The summed E-state index contributed by atoms with van der Waals surface area (Å²) in [6.45, 7) is 2.14. The lowest BCUT2D eigenvalue weighted by atomic mass is 10.0. The summed E-state index contributed by atoms with van der Waals surface area (Å²) in [5.41, 5.74) is 2.48. The zero-order chi connectivity index (χ0) is 17.1. The molecule has 0 saturated heterocycles. The van der Waals surface area contributed by atoms with Crippen LogP contribution in [0.5, 0.6) is 0 Å². The molecule has 2 N–H and O–H groups in total. The van der Waals surface area contributed by atoms with E-state index in [9.17, 15) is 9.90 Å². The minimum atomic E-state index is -0.735. The Morgan fingerprint density at radius 2 is 1.83 bits per heavy atom. The van der Waals surface area contributed by atoms with Crippen LogP contribution in [-0.2, 0) is 0 Å². The van der Waals surface area contributed by atoms with Crippen molar-refractivity contribution in [2.24, 2.45) is 0 Å². The van der Waals surface area contributed by atoms with Crippen molar-refractivity contribution in [3.05, 3.63) is 80.9 Å². The molecule has 0 aliphatic heterocycles. The van der Waals surface area contributed by atoms with Crippen LogP contribution < -0.4 is 5.32 Å². The molecule has 0 aromatic heterocycles. The maximum absolute atomic E-state index is 12.3. The molecule has 122 valence electrons. The van der Waals surface area contributed by atoms with Gasteiger partial charge in [-0.15, -0.1) is 0 Å². The molecule has 0 radical (unpaired) electrons. The molecule has 0 heterocycles. The van der Waals surface area contributed by atoms with E-state index in [1.807, 2.05) is 67.6 Å². The summed E-state index contributed by atoms with van der Waals surface area (Å²) in [7, 11) is 0. The summed E-state index contributed by atoms with van der Waals surface area (Å²) in [4.78, 5) is 12.3. The van der Waals surface area contributed by atoms with Crippen molar-refractivity contribution < 1.29 is 9.90 Å². The Bertz CT molecular complexity index is 892. The van der Waals surface area contributed by atoms with Gasteiger partial charge in [-0.05, 0) is 64.0 Å². The SMILES string of the molecule is Cc1ccc(I)c(C(=O)NCC(O)c2ccc3ccccc3c2)c1. The predicted octanol–water partition coefficient (Wildman–Crippen LogP) is 4.22. The quantitative estimate of drug-likeness (QED) is 0.608. The largest absolute Gasteiger partial charge is 0.387 e. The Balaban J connectivity index is 1.71. The monoisotopic (exact) mass is 431 g/mol. The van der Waals surface area contributed by atoms with Crippen molar-refractivity contribution in [3.8, 4) is 0 Å². The van der Waals surface area contributed by atoms with E-state index in [1.54, 1.807) is 0 Å². The molecule has 0 aliphatic carbocycles. The number of aliphatic hydroxyl groups excluding tert-OH is 1. The van der Waals surface area contributed by atoms with Gasteiger partial charge in [0.05, 0.1) is 11.7 Å². The van der Waals surface area contributed by atoms with Gasteiger partial charge in [-0.2, -0.15) is 0 Å². The van der Waals surface area contributed by atoms with E-state index in [4.69, 9.17) is 0 Å². The maximum atomic E-state index is 12.3. The van der Waals surface area contributed by atoms with Crippen LogP contribution in [-0.4, -0.2) is 17.6 Å². The molecule has 4 heteroatoms. The fourth-order valence-corrected chi connectivity index (χ4v) is 3.21. The second-order valence-corrected chi connectivity index (χ2v) is 6.98. The zero-order valence-electron chi connectivity index (χ0n) is 13.3. The standard InChI is InChI=1S/C20H18INO2/c1-13-6-9-18(21)17(10-13)20(24)22-12-19(23)16-8-7-14-4-2-3-5-15(14)11-16/h2-11,19,23H,12H2,1H3,(H,22,24). The number of nitrogens with one attached hydrogen (secondary N) is 1. The first-order valence-electron chi connectivity index (χ1n) is 7.76. The highest BCUT2D eigenvalue weighted by molar-refractivity contribution is 14.1. The minimum Gasteiger partial charge on any atom is -0.387 e. The van der Waals surface area contributed by atoms with Crippen molar-refractivity contribution in [1.82, 2.24) is 5.32 Å². The van der Waals surface area contributed by atoms with E-state index >= 15 is 0 Å². The van der Waals surface area contributed by atoms with Crippen LogP contribution in [0.3, 0.4) is 0 Å². The number of rotatable bonds is 4. The summed E-state index contributed by atoms with van der Waals surface area (Å²) in [6.07, 6.45) is -0.735. The van der Waals surface area contributed by atoms with Crippen molar-refractivity contribution in [1.29, 1.82) is 0 Å². The Labute approximate surface area is 154 Å².